The van der Waals surface area contributed by atoms with Crippen molar-refractivity contribution in [2.75, 3.05) is 12.3 Å². The van der Waals surface area contributed by atoms with Gasteiger partial charge in [0.05, 0.1) is 21.9 Å². The van der Waals surface area contributed by atoms with Gasteiger partial charge < -0.3 is 5.32 Å². The smallest absolute Gasteiger partial charge is 0.180 e. The normalized spacial score (nSPS) is 20.3. The average Bonchev–Trinajstić information content (AvgIpc) is 2.98. The molecule has 1 aliphatic rings. The molecule has 0 spiro atoms. The fourth-order valence-electron chi connectivity index (χ4n) is 2.35. The van der Waals surface area contributed by atoms with Gasteiger partial charge in [0.2, 0.25) is 0 Å². The highest BCUT2D eigenvalue weighted by Gasteiger charge is 2.33. The first-order valence-electron chi connectivity index (χ1n) is 6.09. The molecule has 0 amide bonds. The minimum absolute atomic E-state index is 0.0974. The molecule has 6 heteroatoms. The van der Waals surface area contributed by atoms with Crippen LogP contribution in [0.5, 0.6) is 0 Å². The Morgan fingerprint density at radius 1 is 1.37 bits per heavy atom. The highest BCUT2D eigenvalue weighted by atomic mass is 32.2. The molecule has 1 aromatic heterocycles. The van der Waals surface area contributed by atoms with E-state index in [2.05, 4.69) is 10.3 Å². The zero-order valence-corrected chi connectivity index (χ0v) is 11.9. The van der Waals surface area contributed by atoms with Gasteiger partial charge >= 0.3 is 0 Å². The average molecular weight is 294 g/mol. The van der Waals surface area contributed by atoms with Crippen LogP contribution in [0.3, 0.4) is 0 Å². The summed E-state index contributed by atoms with van der Waals surface area (Å²) in [6.45, 7) is 0.734. The fourth-order valence-corrected chi connectivity index (χ4v) is 4.72. The van der Waals surface area contributed by atoms with Gasteiger partial charge in [-0.2, -0.15) is 0 Å². The van der Waals surface area contributed by atoms with Crippen LogP contribution in [0.15, 0.2) is 40.1 Å². The van der Waals surface area contributed by atoms with Crippen LogP contribution >= 0.6 is 11.3 Å². The second kappa shape index (κ2) is 5.03. The van der Waals surface area contributed by atoms with Crippen molar-refractivity contribution in [2.45, 2.75) is 17.4 Å². The number of benzene rings is 1. The van der Waals surface area contributed by atoms with Crippen LogP contribution in [0.25, 0.3) is 0 Å². The molecule has 1 unspecified atom stereocenters. The summed E-state index contributed by atoms with van der Waals surface area (Å²) in [7, 11) is -3.12. The van der Waals surface area contributed by atoms with Crippen LogP contribution in [0.1, 0.15) is 17.3 Å². The van der Waals surface area contributed by atoms with Crippen molar-refractivity contribution in [2.24, 2.45) is 0 Å². The summed E-state index contributed by atoms with van der Waals surface area (Å²) in [4.78, 5) is 4.69. The molecule has 3 rings (SSSR count). The molecule has 19 heavy (non-hydrogen) atoms. The molecule has 1 aromatic carbocycles. The standard InChI is InChI=1S/C13H14N2O2S2/c16-19(17)8-12(11-3-1-2-4-13(11)19)14-6-5-10-7-18-9-15-10/h1-4,7,9,12,14H,5-6,8H2. The molecule has 0 saturated heterocycles. The molecule has 100 valence electrons. The lowest BCUT2D eigenvalue weighted by Gasteiger charge is -2.11. The van der Waals surface area contributed by atoms with E-state index in [1.165, 1.54) is 0 Å². The van der Waals surface area contributed by atoms with E-state index in [4.69, 9.17) is 0 Å². The molecule has 0 saturated carbocycles. The Hall–Kier alpha value is -1.24. The fraction of sp³-hybridized carbons (Fsp3) is 0.308. The molecule has 2 heterocycles. The van der Waals surface area contributed by atoms with Gasteiger partial charge in [-0.05, 0) is 11.6 Å². The monoisotopic (exact) mass is 294 g/mol. The van der Waals surface area contributed by atoms with E-state index in [1.807, 2.05) is 23.0 Å². The maximum atomic E-state index is 12.0. The Labute approximate surface area is 116 Å². The minimum atomic E-state index is -3.12. The summed E-state index contributed by atoms with van der Waals surface area (Å²) in [5.41, 5.74) is 3.75. The topological polar surface area (TPSA) is 59.1 Å². The van der Waals surface area contributed by atoms with Crippen molar-refractivity contribution < 1.29 is 8.42 Å². The largest absolute Gasteiger partial charge is 0.309 e. The van der Waals surface area contributed by atoms with Gasteiger partial charge in [-0.3, -0.25) is 0 Å². The lowest BCUT2D eigenvalue weighted by Crippen LogP contribution is -2.25. The zero-order valence-electron chi connectivity index (χ0n) is 10.2. The third kappa shape index (κ3) is 2.56. The molecule has 0 fully saturated rings. The minimum Gasteiger partial charge on any atom is -0.309 e. The van der Waals surface area contributed by atoms with Crippen molar-refractivity contribution in [3.8, 4) is 0 Å². The third-order valence-corrected chi connectivity index (χ3v) is 5.72. The SMILES string of the molecule is O=S1(=O)CC(NCCc2cscn2)c2ccccc21. The molecule has 0 radical (unpaired) electrons. The van der Waals surface area contributed by atoms with Crippen molar-refractivity contribution in [3.05, 3.63) is 46.4 Å². The van der Waals surface area contributed by atoms with E-state index in [0.29, 0.717) is 4.90 Å². The van der Waals surface area contributed by atoms with E-state index in [0.717, 1.165) is 24.2 Å². The number of rotatable bonds is 4. The van der Waals surface area contributed by atoms with Crippen LogP contribution < -0.4 is 5.32 Å². The second-order valence-electron chi connectivity index (χ2n) is 4.56. The van der Waals surface area contributed by atoms with E-state index in [1.54, 1.807) is 23.5 Å². The molecule has 1 atom stereocenters. The number of nitrogens with one attached hydrogen (secondary N) is 1. The molecule has 0 bridgehead atoms. The van der Waals surface area contributed by atoms with Crippen molar-refractivity contribution in [1.82, 2.24) is 10.3 Å². The maximum Gasteiger partial charge on any atom is 0.180 e. The molecule has 4 nitrogen and oxygen atoms in total. The first-order valence-corrected chi connectivity index (χ1v) is 8.68. The Balaban J connectivity index is 1.70. The first kappa shape index (κ1) is 12.8. The Kier molecular flexibility index (Phi) is 3.38. The van der Waals surface area contributed by atoms with Crippen LogP contribution in [-0.4, -0.2) is 25.7 Å². The van der Waals surface area contributed by atoms with Crippen molar-refractivity contribution >= 4 is 21.2 Å². The number of hydrogen-bond acceptors (Lipinski definition) is 5. The van der Waals surface area contributed by atoms with E-state index in [-0.39, 0.29) is 11.8 Å². The predicted octanol–water partition coefficient (Wildman–Crippen LogP) is 1.80. The number of sulfone groups is 1. The molecule has 0 aliphatic carbocycles. The van der Waals surface area contributed by atoms with Crippen LogP contribution in [-0.2, 0) is 16.3 Å². The predicted molar refractivity (Wildman–Crippen MR) is 75.1 cm³/mol. The van der Waals surface area contributed by atoms with E-state index < -0.39 is 9.84 Å². The van der Waals surface area contributed by atoms with Crippen molar-refractivity contribution in [3.63, 3.8) is 0 Å². The van der Waals surface area contributed by atoms with Gasteiger partial charge in [0.25, 0.3) is 0 Å². The van der Waals surface area contributed by atoms with Gasteiger partial charge in [0, 0.05) is 24.4 Å². The van der Waals surface area contributed by atoms with Crippen LogP contribution in [0.4, 0.5) is 0 Å². The number of nitrogens with zero attached hydrogens (tertiary/aromatic N) is 1. The Bertz CT molecular complexity index is 666. The first-order chi connectivity index (χ1) is 9.17. The summed E-state index contributed by atoms with van der Waals surface area (Å²) in [5.74, 6) is 0.156. The van der Waals surface area contributed by atoms with Gasteiger partial charge in [0.15, 0.2) is 9.84 Å². The van der Waals surface area contributed by atoms with Crippen molar-refractivity contribution in [1.29, 1.82) is 0 Å². The molecule has 1 aliphatic heterocycles. The van der Waals surface area contributed by atoms with Gasteiger partial charge in [-0.1, -0.05) is 18.2 Å². The number of aromatic nitrogens is 1. The summed E-state index contributed by atoms with van der Waals surface area (Å²) in [6, 6.07) is 7.13. The van der Waals surface area contributed by atoms with Gasteiger partial charge in [-0.25, -0.2) is 13.4 Å². The lowest BCUT2D eigenvalue weighted by atomic mass is 10.1. The van der Waals surface area contributed by atoms with E-state index in [9.17, 15) is 8.42 Å². The molecular formula is C13H14N2O2S2. The quantitative estimate of drug-likeness (QED) is 0.934. The number of hydrogen-bond donors (Lipinski definition) is 1. The van der Waals surface area contributed by atoms with Gasteiger partial charge in [0.1, 0.15) is 0 Å². The van der Waals surface area contributed by atoms with E-state index >= 15 is 0 Å². The Morgan fingerprint density at radius 2 is 2.21 bits per heavy atom. The highest BCUT2D eigenvalue weighted by molar-refractivity contribution is 7.91. The number of fused-ring (bicyclic) bond motifs is 1. The highest BCUT2D eigenvalue weighted by Crippen LogP contribution is 2.32. The summed E-state index contributed by atoms with van der Waals surface area (Å²) >= 11 is 1.58. The summed E-state index contributed by atoms with van der Waals surface area (Å²) in [6.07, 6.45) is 0.822. The number of thiazole rings is 1. The summed E-state index contributed by atoms with van der Waals surface area (Å²) < 4.78 is 24.0. The van der Waals surface area contributed by atoms with Gasteiger partial charge in [-0.15, -0.1) is 11.3 Å². The molecule has 2 aromatic rings. The Morgan fingerprint density at radius 3 is 3.00 bits per heavy atom. The molecular weight excluding hydrogens is 280 g/mol. The van der Waals surface area contributed by atoms with Crippen LogP contribution in [0, 0.1) is 0 Å². The molecule has 1 N–H and O–H groups in total. The maximum absolute atomic E-state index is 12.0. The lowest BCUT2D eigenvalue weighted by molar-refractivity contribution is 0.567. The summed E-state index contributed by atoms with van der Waals surface area (Å²) in [5, 5.41) is 5.33. The third-order valence-electron chi connectivity index (χ3n) is 3.27. The zero-order chi connectivity index (χ0) is 13.3. The second-order valence-corrected chi connectivity index (χ2v) is 7.28. The van der Waals surface area contributed by atoms with Crippen LogP contribution in [0.2, 0.25) is 0 Å².